The molecule has 1 aliphatic rings. The van der Waals surface area contributed by atoms with Crippen LogP contribution in [-0.4, -0.2) is 30.5 Å². The largest absolute Gasteiger partial charge is 0.391 e. The van der Waals surface area contributed by atoms with Crippen molar-refractivity contribution in [3.8, 4) is 0 Å². The van der Waals surface area contributed by atoms with Gasteiger partial charge in [0.05, 0.1) is 12.7 Å². The lowest BCUT2D eigenvalue weighted by molar-refractivity contribution is -0.0162. The van der Waals surface area contributed by atoms with Gasteiger partial charge in [-0.25, -0.2) is 0 Å². The second-order valence-electron chi connectivity index (χ2n) is 3.33. The Morgan fingerprint density at radius 2 is 2.36 bits per heavy atom. The molecule has 3 N–H and O–H groups in total. The monoisotopic (exact) mass is 159 g/mol. The molecule has 0 bridgehead atoms. The second kappa shape index (κ2) is 4.04. The molecule has 0 saturated carbocycles. The molecule has 3 heteroatoms. The zero-order chi connectivity index (χ0) is 8.27. The molecule has 11 heavy (non-hydrogen) atoms. The molecule has 1 saturated heterocycles. The van der Waals surface area contributed by atoms with E-state index in [1.54, 1.807) is 0 Å². The van der Waals surface area contributed by atoms with E-state index in [1.165, 1.54) is 0 Å². The zero-order valence-electron chi connectivity index (χ0n) is 6.99. The van der Waals surface area contributed by atoms with Crippen molar-refractivity contribution in [1.29, 1.82) is 0 Å². The van der Waals surface area contributed by atoms with Crippen molar-refractivity contribution < 1.29 is 9.84 Å². The molecule has 66 valence electrons. The minimum atomic E-state index is -0.393. The van der Waals surface area contributed by atoms with E-state index in [2.05, 4.69) is 0 Å². The van der Waals surface area contributed by atoms with Crippen molar-refractivity contribution >= 4 is 0 Å². The predicted molar refractivity (Wildman–Crippen MR) is 43.2 cm³/mol. The number of aliphatic hydroxyl groups is 1. The smallest absolute Gasteiger partial charge is 0.0738 e. The van der Waals surface area contributed by atoms with Crippen LogP contribution in [0.4, 0.5) is 0 Å². The molecular formula is C8H17NO2. The number of aliphatic hydroxyl groups excluding tert-OH is 1. The highest BCUT2D eigenvalue weighted by Crippen LogP contribution is 2.18. The quantitative estimate of drug-likeness (QED) is 0.601. The lowest BCUT2D eigenvalue weighted by atomic mass is 9.92. The van der Waals surface area contributed by atoms with Crippen LogP contribution in [0.2, 0.25) is 0 Å². The molecule has 1 aliphatic heterocycles. The summed E-state index contributed by atoms with van der Waals surface area (Å²) in [5.74, 6) is 0.253. The fraction of sp³-hybridized carbons (Fsp3) is 1.00. The molecule has 3 unspecified atom stereocenters. The highest BCUT2D eigenvalue weighted by atomic mass is 16.5. The highest BCUT2D eigenvalue weighted by Gasteiger charge is 2.24. The van der Waals surface area contributed by atoms with Crippen LogP contribution < -0.4 is 5.73 Å². The summed E-state index contributed by atoms with van der Waals surface area (Å²) in [7, 11) is 0. The van der Waals surface area contributed by atoms with E-state index in [0.29, 0.717) is 6.61 Å². The van der Waals surface area contributed by atoms with Crippen molar-refractivity contribution in [3.05, 3.63) is 0 Å². The highest BCUT2D eigenvalue weighted by molar-refractivity contribution is 4.77. The summed E-state index contributed by atoms with van der Waals surface area (Å²) in [6.45, 7) is 3.34. The van der Waals surface area contributed by atoms with Gasteiger partial charge in [0.15, 0.2) is 0 Å². The van der Waals surface area contributed by atoms with Gasteiger partial charge in [0.1, 0.15) is 0 Å². The van der Waals surface area contributed by atoms with E-state index < -0.39 is 6.10 Å². The van der Waals surface area contributed by atoms with Crippen LogP contribution in [-0.2, 0) is 4.74 Å². The number of hydrogen-bond acceptors (Lipinski definition) is 3. The molecule has 1 heterocycles. The number of nitrogens with two attached hydrogens (primary N) is 1. The van der Waals surface area contributed by atoms with E-state index in [0.717, 1.165) is 19.4 Å². The van der Waals surface area contributed by atoms with Crippen molar-refractivity contribution in [1.82, 2.24) is 0 Å². The molecule has 3 nitrogen and oxygen atoms in total. The lowest BCUT2D eigenvalue weighted by Crippen LogP contribution is -2.41. The van der Waals surface area contributed by atoms with Crippen molar-refractivity contribution in [2.45, 2.75) is 31.9 Å². The van der Waals surface area contributed by atoms with Gasteiger partial charge in [0.2, 0.25) is 0 Å². The van der Waals surface area contributed by atoms with E-state index in [4.69, 9.17) is 10.5 Å². The molecule has 0 radical (unpaired) electrons. The Bertz CT molecular complexity index is 111. The van der Waals surface area contributed by atoms with Crippen LogP contribution in [0.25, 0.3) is 0 Å². The summed E-state index contributed by atoms with van der Waals surface area (Å²) < 4.78 is 5.24. The van der Waals surface area contributed by atoms with Gasteiger partial charge in [0.25, 0.3) is 0 Å². The Morgan fingerprint density at radius 1 is 1.64 bits per heavy atom. The molecule has 0 aromatic heterocycles. The van der Waals surface area contributed by atoms with Crippen LogP contribution in [0.5, 0.6) is 0 Å². The van der Waals surface area contributed by atoms with E-state index in [1.807, 2.05) is 6.92 Å². The molecule has 0 aromatic rings. The fourth-order valence-electron chi connectivity index (χ4n) is 1.46. The molecule has 1 fully saturated rings. The Balaban J connectivity index is 2.32. The third-order valence-corrected chi connectivity index (χ3v) is 2.22. The Kier molecular flexibility index (Phi) is 3.30. The van der Waals surface area contributed by atoms with Gasteiger partial charge in [-0.1, -0.05) is 0 Å². The van der Waals surface area contributed by atoms with Crippen molar-refractivity contribution in [3.63, 3.8) is 0 Å². The normalized spacial score (nSPS) is 31.4. The predicted octanol–water partition coefficient (Wildman–Crippen LogP) is 0.121. The Labute approximate surface area is 67.5 Å². The standard InChI is InChI=1S/C8H17NO2/c1-6(9)8(10)7-3-2-4-11-5-7/h6-8,10H,2-5,9H2,1H3. The third-order valence-electron chi connectivity index (χ3n) is 2.22. The van der Waals surface area contributed by atoms with Crippen LogP contribution in [0.1, 0.15) is 19.8 Å². The SMILES string of the molecule is CC(N)C(O)C1CCCOC1. The van der Waals surface area contributed by atoms with Gasteiger partial charge in [-0.15, -0.1) is 0 Å². The maximum Gasteiger partial charge on any atom is 0.0738 e. The first-order valence-electron chi connectivity index (χ1n) is 4.23. The maximum atomic E-state index is 9.55. The number of hydrogen-bond donors (Lipinski definition) is 2. The average Bonchev–Trinajstić information content (AvgIpc) is 2.05. The molecule has 0 aliphatic carbocycles. The summed E-state index contributed by atoms with van der Waals surface area (Å²) >= 11 is 0. The number of rotatable bonds is 2. The lowest BCUT2D eigenvalue weighted by Gasteiger charge is -2.28. The van der Waals surface area contributed by atoms with Crippen LogP contribution in [0, 0.1) is 5.92 Å². The first-order chi connectivity index (χ1) is 5.22. The average molecular weight is 159 g/mol. The van der Waals surface area contributed by atoms with E-state index in [-0.39, 0.29) is 12.0 Å². The van der Waals surface area contributed by atoms with Crippen molar-refractivity contribution in [2.24, 2.45) is 11.7 Å². The molecule has 3 atom stereocenters. The number of ether oxygens (including phenoxy) is 1. The summed E-state index contributed by atoms with van der Waals surface area (Å²) in [6, 6.07) is -0.137. The minimum absolute atomic E-state index is 0.137. The summed E-state index contributed by atoms with van der Waals surface area (Å²) in [5, 5.41) is 9.55. The van der Waals surface area contributed by atoms with Crippen LogP contribution >= 0.6 is 0 Å². The van der Waals surface area contributed by atoms with Gasteiger partial charge in [0, 0.05) is 18.6 Å². The van der Waals surface area contributed by atoms with Crippen molar-refractivity contribution in [2.75, 3.05) is 13.2 Å². The first-order valence-corrected chi connectivity index (χ1v) is 4.23. The topological polar surface area (TPSA) is 55.5 Å². The third kappa shape index (κ3) is 2.43. The molecular weight excluding hydrogens is 142 g/mol. The van der Waals surface area contributed by atoms with Gasteiger partial charge < -0.3 is 15.6 Å². The first kappa shape index (κ1) is 8.97. The Hall–Kier alpha value is -0.120. The van der Waals surface area contributed by atoms with E-state index in [9.17, 15) is 5.11 Å². The second-order valence-corrected chi connectivity index (χ2v) is 3.33. The molecule has 0 aromatic carbocycles. The van der Waals surface area contributed by atoms with E-state index >= 15 is 0 Å². The summed E-state index contributed by atoms with van der Waals surface area (Å²) in [5.41, 5.74) is 5.56. The summed E-state index contributed by atoms with van der Waals surface area (Å²) in [4.78, 5) is 0. The summed E-state index contributed by atoms with van der Waals surface area (Å²) in [6.07, 6.45) is 1.70. The zero-order valence-corrected chi connectivity index (χ0v) is 6.99. The fourth-order valence-corrected chi connectivity index (χ4v) is 1.46. The molecule has 1 rings (SSSR count). The minimum Gasteiger partial charge on any atom is -0.391 e. The van der Waals surface area contributed by atoms with Gasteiger partial charge >= 0.3 is 0 Å². The van der Waals surface area contributed by atoms with Gasteiger partial charge in [-0.3, -0.25) is 0 Å². The molecule has 0 spiro atoms. The van der Waals surface area contributed by atoms with Crippen LogP contribution in [0.3, 0.4) is 0 Å². The molecule has 0 amide bonds. The van der Waals surface area contributed by atoms with Gasteiger partial charge in [-0.05, 0) is 19.8 Å². The van der Waals surface area contributed by atoms with Gasteiger partial charge in [-0.2, -0.15) is 0 Å². The Morgan fingerprint density at radius 3 is 2.82 bits per heavy atom. The maximum absolute atomic E-state index is 9.55. The van der Waals surface area contributed by atoms with Crippen LogP contribution in [0.15, 0.2) is 0 Å².